The summed E-state index contributed by atoms with van der Waals surface area (Å²) in [6.45, 7) is 21.7. The topological polar surface area (TPSA) is 262 Å². The van der Waals surface area contributed by atoms with Crippen molar-refractivity contribution in [2.75, 3.05) is 24.7 Å². The Balaban J connectivity index is -0.000000235. The number of hydrogen-bond donors (Lipinski definition) is 4. The molecule has 67 heavy (non-hydrogen) atoms. The number of ketones is 6. The SMILES string of the molecule is Br.Br.BrBr.CC(=O)O.CC1(C)CC(=O)C(Br)C(=O)C1.CC1(C)CC(=O)C(Br)C(=O)C1.CC1(C)CCCC(=O)C1.CCOC(=O)C(N)CS.CCOC(=O)C1CSC2=C(CC(C)(C)CC2=O)N1.O. The van der Waals surface area contributed by atoms with Gasteiger partial charge in [-0.1, -0.05) is 87.2 Å². The van der Waals surface area contributed by atoms with Crippen molar-refractivity contribution in [3.63, 3.8) is 0 Å². The molecule has 2 atom stereocenters. The smallest absolute Gasteiger partial charge is 0.329 e. The molecule has 0 aromatic heterocycles. The molecule has 4 aliphatic carbocycles. The number of aliphatic carboxylic acids is 1. The van der Waals surface area contributed by atoms with Crippen molar-refractivity contribution in [2.24, 2.45) is 27.4 Å². The lowest BCUT2D eigenvalue weighted by atomic mass is 9.76. The van der Waals surface area contributed by atoms with E-state index in [-0.39, 0.29) is 103 Å². The fourth-order valence-electron chi connectivity index (χ4n) is 6.90. The molecule has 1 aliphatic heterocycles. The van der Waals surface area contributed by atoms with E-state index >= 15 is 0 Å². The van der Waals surface area contributed by atoms with Crippen LogP contribution in [0.4, 0.5) is 0 Å². The quantitative estimate of drug-likeness (QED) is 0.0865. The summed E-state index contributed by atoms with van der Waals surface area (Å²) >= 11 is 16.9. The van der Waals surface area contributed by atoms with Gasteiger partial charge < -0.3 is 31.1 Å². The minimum Gasteiger partial charge on any atom is -0.481 e. The average Bonchev–Trinajstić information content (AvgIpc) is 3.15. The molecule has 2 unspecified atom stereocenters. The molecule has 392 valence electrons. The van der Waals surface area contributed by atoms with Gasteiger partial charge >= 0.3 is 11.9 Å². The fourth-order valence-corrected chi connectivity index (χ4v) is 8.79. The van der Waals surface area contributed by atoms with E-state index in [2.05, 4.69) is 110 Å². The average molecular weight is 1380 g/mol. The van der Waals surface area contributed by atoms with Gasteiger partial charge in [0.2, 0.25) is 0 Å². The summed E-state index contributed by atoms with van der Waals surface area (Å²) in [6.07, 6.45) is 7.38. The van der Waals surface area contributed by atoms with Crippen LogP contribution in [0, 0.1) is 21.7 Å². The molecule has 0 amide bonds. The first-order valence-corrected chi connectivity index (χ1v) is 28.1. The van der Waals surface area contributed by atoms with Crippen LogP contribution in [0.3, 0.4) is 0 Å². The Morgan fingerprint density at radius 2 is 1.13 bits per heavy atom. The lowest BCUT2D eigenvalue weighted by Gasteiger charge is -2.36. The van der Waals surface area contributed by atoms with Crippen LogP contribution in [0.25, 0.3) is 0 Å². The highest BCUT2D eigenvalue weighted by Crippen LogP contribution is 2.42. The van der Waals surface area contributed by atoms with E-state index in [0.29, 0.717) is 68.0 Å². The normalized spacial score (nSPS) is 21.2. The molecule has 0 radical (unpaired) electrons. The zero-order chi connectivity index (χ0) is 50.4. The molecule has 15 nitrogen and oxygen atoms in total. The van der Waals surface area contributed by atoms with E-state index < -0.39 is 21.7 Å². The summed E-state index contributed by atoms with van der Waals surface area (Å²) in [5.74, 6) is 0.185. The van der Waals surface area contributed by atoms with E-state index in [9.17, 15) is 38.4 Å². The maximum Gasteiger partial charge on any atom is 0.329 e. The van der Waals surface area contributed by atoms with Gasteiger partial charge in [0.25, 0.3) is 5.97 Å². The van der Waals surface area contributed by atoms with Gasteiger partial charge in [-0.15, -0.1) is 45.7 Å². The van der Waals surface area contributed by atoms with Crippen LogP contribution in [0.5, 0.6) is 0 Å². The van der Waals surface area contributed by atoms with Gasteiger partial charge in [0.15, 0.2) is 28.9 Å². The van der Waals surface area contributed by atoms with Crippen molar-refractivity contribution in [3.05, 3.63) is 10.6 Å². The molecule has 5 aliphatic rings. The second kappa shape index (κ2) is 36.4. The highest BCUT2D eigenvalue weighted by atomic mass is 80.9. The van der Waals surface area contributed by atoms with Gasteiger partial charge in [0.1, 0.15) is 27.5 Å². The third kappa shape index (κ3) is 32.2. The van der Waals surface area contributed by atoms with Crippen molar-refractivity contribution in [3.8, 4) is 0 Å². The number of nitrogens with one attached hydrogen (secondary N) is 1. The number of Topliss-reactive ketones (excluding diaryl/α,β-unsaturated/α-hetero) is 6. The Labute approximate surface area is 460 Å². The van der Waals surface area contributed by atoms with E-state index in [0.717, 1.165) is 43.2 Å². The van der Waals surface area contributed by atoms with Crippen LogP contribution >= 0.6 is 118 Å². The van der Waals surface area contributed by atoms with Crippen LogP contribution in [0.2, 0.25) is 0 Å². The van der Waals surface area contributed by atoms with E-state index in [1.807, 2.05) is 27.7 Å². The van der Waals surface area contributed by atoms with Crippen molar-refractivity contribution < 1.29 is 63.2 Å². The third-order valence-corrected chi connectivity index (χ3v) is 13.3. The molecular formula is C44H74Br6N2O13S2. The van der Waals surface area contributed by atoms with E-state index in [1.165, 1.54) is 18.2 Å². The second-order valence-electron chi connectivity index (χ2n) is 18.9. The molecular weight excluding hydrogens is 1310 g/mol. The van der Waals surface area contributed by atoms with Crippen LogP contribution in [-0.2, 0) is 52.6 Å². The van der Waals surface area contributed by atoms with Crippen LogP contribution in [-0.4, -0.2) is 110 Å². The number of ether oxygens (including phenoxy) is 2. The summed E-state index contributed by atoms with van der Waals surface area (Å²) < 4.78 is 9.60. The zero-order valence-corrected chi connectivity index (χ0v) is 51.9. The van der Waals surface area contributed by atoms with Crippen LogP contribution < -0.4 is 11.1 Å². The molecule has 0 bridgehead atoms. The number of hydrogen-bond acceptors (Lipinski definition) is 15. The Kier molecular flexibility index (Phi) is 41.0. The second-order valence-corrected chi connectivity index (χ2v) is 22.2. The van der Waals surface area contributed by atoms with Crippen molar-refractivity contribution >= 4 is 171 Å². The molecule has 1 heterocycles. The van der Waals surface area contributed by atoms with Crippen LogP contribution in [0.15, 0.2) is 10.6 Å². The lowest BCUT2D eigenvalue weighted by Crippen LogP contribution is -2.45. The predicted octanol–water partition coefficient (Wildman–Crippen LogP) is 9.35. The maximum absolute atomic E-state index is 12.0. The molecule has 0 aromatic rings. The highest BCUT2D eigenvalue weighted by Gasteiger charge is 2.40. The zero-order valence-electron chi connectivity index (χ0n) is 40.4. The minimum absolute atomic E-state index is 0. The first-order chi connectivity index (χ1) is 29.3. The molecule has 23 heteroatoms. The summed E-state index contributed by atoms with van der Waals surface area (Å²) in [4.78, 5) is 98.5. The standard InChI is InChI=1S/C13H19NO3S.2C8H11BrO2.C8H14O.C5H11NO2S.C2H4O2.Br2.2BrH.H2O/c1-4-17-12(16)9-7-18-11-8(14-9)5-13(2,3)6-10(11)15;2*1-8(2)3-5(10)7(9)6(11)4-8;1-8(2)5-3-4-7(9)6-8;1-2-8-5(7)4(6)3-9;1-2(3)4;1-2;;;/h9,14H,4-7H2,1-3H3;2*7H,3-4H2,1-2H3;3-6H2,1-2H3;4,9H,2-3,6H2,1H3;1H3,(H,3,4);;2*1H;1H2. The van der Waals surface area contributed by atoms with Gasteiger partial charge in [-0.05, 0) is 54.8 Å². The predicted molar refractivity (Wildman–Crippen MR) is 294 cm³/mol. The number of thioether (sulfide) groups is 1. The minimum atomic E-state index is -0.833. The monoisotopic (exact) mass is 1380 g/mol. The Morgan fingerprint density at radius 1 is 0.746 bits per heavy atom. The Bertz CT molecular complexity index is 1590. The maximum atomic E-state index is 12.0. The van der Waals surface area contributed by atoms with Gasteiger partial charge in [0.05, 0.1) is 18.1 Å². The third-order valence-electron chi connectivity index (χ3n) is 9.65. The number of carbonyl (C=O) groups excluding carboxylic acids is 8. The van der Waals surface area contributed by atoms with Gasteiger partial charge in [0, 0.05) is 97.3 Å². The van der Waals surface area contributed by atoms with Crippen molar-refractivity contribution in [1.82, 2.24) is 5.32 Å². The van der Waals surface area contributed by atoms with E-state index in [1.54, 1.807) is 13.8 Å². The van der Waals surface area contributed by atoms with Gasteiger partial charge in [-0.3, -0.25) is 38.4 Å². The van der Waals surface area contributed by atoms with E-state index in [4.69, 9.17) is 20.4 Å². The molecule has 0 spiro atoms. The number of alkyl halides is 2. The molecule has 5 rings (SSSR count). The molecule has 0 aromatic carbocycles. The lowest BCUT2D eigenvalue weighted by molar-refractivity contribution is -0.145. The summed E-state index contributed by atoms with van der Waals surface area (Å²) in [6, 6.07) is -0.899. The summed E-state index contributed by atoms with van der Waals surface area (Å²) in [5, 5.41) is 10.6. The number of allylic oxidation sites excluding steroid dienone is 2. The number of thiol groups is 1. The van der Waals surface area contributed by atoms with Gasteiger partial charge in [-0.25, -0.2) is 4.79 Å². The van der Waals surface area contributed by atoms with Gasteiger partial charge in [-0.2, -0.15) is 12.6 Å². The molecule has 3 saturated carbocycles. The number of carboxylic acid groups (broad SMARTS) is 1. The number of halogens is 6. The number of carboxylic acids is 1. The molecule has 3 fully saturated rings. The summed E-state index contributed by atoms with van der Waals surface area (Å²) in [5.41, 5.74) is 6.19. The highest BCUT2D eigenvalue weighted by molar-refractivity contribution is 9.93. The Morgan fingerprint density at radius 3 is 1.46 bits per heavy atom. The first-order valence-electron chi connectivity index (χ1n) is 20.9. The Hall–Kier alpha value is -0.530. The summed E-state index contributed by atoms with van der Waals surface area (Å²) in [7, 11) is 0. The molecule has 0 saturated heterocycles. The number of rotatable bonds is 5. The van der Waals surface area contributed by atoms with Crippen molar-refractivity contribution in [2.45, 2.75) is 162 Å². The number of nitrogens with two attached hydrogens (primary N) is 1. The largest absolute Gasteiger partial charge is 0.481 e. The van der Waals surface area contributed by atoms with Crippen molar-refractivity contribution in [1.29, 1.82) is 0 Å². The van der Waals surface area contributed by atoms with Crippen LogP contribution in [0.1, 0.15) is 140 Å². The fraction of sp³-hybridized carbons (Fsp3) is 0.750. The molecule has 6 N–H and O–H groups in total. The first kappa shape index (κ1) is 75.4. The number of esters is 2. The number of carbonyl (C=O) groups is 9.